The minimum atomic E-state index is -1.29. The number of phenols is 1. The smallest absolute Gasteiger partial charge is 0.331 e. The lowest BCUT2D eigenvalue weighted by Gasteiger charge is -2.39. The van der Waals surface area contributed by atoms with Gasteiger partial charge in [0.1, 0.15) is 35.4 Å². The number of rotatable bonds is 5. The number of aliphatic hydroxyl groups excluding tert-OH is 1. The van der Waals surface area contributed by atoms with Gasteiger partial charge in [-0.25, -0.2) is 4.79 Å². The second-order valence-electron chi connectivity index (χ2n) is 11.2. The van der Waals surface area contributed by atoms with Crippen molar-refractivity contribution in [2.45, 2.75) is 77.7 Å². The molecule has 2 aromatic rings. The molecule has 10 heteroatoms. The van der Waals surface area contributed by atoms with Crippen LogP contribution < -0.4 is 4.74 Å². The van der Waals surface area contributed by atoms with Crippen LogP contribution in [0.2, 0.25) is 0 Å². The van der Waals surface area contributed by atoms with Crippen molar-refractivity contribution >= 4 is 28.9 Å². The summed E-state index contributed by atoms with van der Waals surface area (Å²) in [6.45, 7) is 7.30. The van der Waals surface area contributed by atoms with Gasteiger partial charge >= 0.3 is 5.97 Å². The predicted molar refractivity (Wildman–Crippen MR) is 144 cm³/mol. The minimum Gasteiger partial charge on any atom is -0.507 e. The Morgan fingerprint density at radius 2 is 1.88 bits per heavy atom. The number of fused-ring (bicyclic) bond motifs is 6. The Morgan fingerprint density at radius 1 is 1.12 bits per heavy atom. The van der Waals surface area contributed by atoms with Crippen LogP contribution in [-0.4, -0.2) is 63.0 Å². The van der Waals surface area contributed by atoms with E-state index in [1.807, 2.05) is 13.8 Å². The van der Waals surface area contributed by atoms with E-state index in [1.165, 1.54) is 25.1 Å². The molecule has 4 aliphatic rings. The molecule has 0 saturated carbocycles. The van der Waals surface area contributed by atoms with Crippen molar-refractivity contribution in [1.29, 1.82) is 0 Å². The molecular formula is C31H31NO9. The first-order valence-corrected chi connectivity index (χ1v) is 13.8. The molecule has 3 aliphatic heterocycles. The van der Waals surface area contributed by atoms with Crippen LogP contribution in [0.3, 0.4) is 0 Å². The molecule has 1 aliphatic carbocycles. The molecule has 0 bridgehead atoms. The second kappa shape index (κ2) is 9.81. The van der Waals surface area contributed by atoms with Crippen LogP contribution in [0, 0.1) is 12.8 Å². The van der Waals surface area contributed by atoms with Crippen LogP contribution in [-0.2, 0) is 19.1 Å². The summed E-state index contributed by atoms with van der Waals surface area (Å²) in [7, 11) is 0. The third-order valence-electron chi connectivity index (χ3n) is 8.41. The number of Topliss-reactive ketones (excluding diaryl/α,β-unsaturated/α-hetero) is 3. The number of nitrogens with zero attached hydrogens (tertiary/aromatic N) is 1. The molecule has 0 spiro atoms. The van der Waals surface area contributed by atoms with E-state index in [-0.39, 0.29) is 51.8 Å². The number of aryl methyl sites for hydroxylation is 1. The molecule has 2 fully saturated rings. The van der Waals surface area contributed by atoms with Gasteiger partial charge in [0.25, 0.3) is 0 Å². The lowest BCUT2D eigenvalue weighted by molar-refractivity contribution is -0.182. The van der Waals surface area contributed by atoms with E-state index >= 15 is 0 Å². The minimum absolute atomic E-state index is 0.0133. The Kier molecular flexibility index (Phi) is 6.50. The average molecular weight is 562 g/mol. The number of hydrogen-bond acceptors (Lipinski definition) is 10. The lowest BCUT2D eigenvalue weighted by atomic mass is 9.78. The first-order valence-electron chi connectivity index (χ1n) is 13.8. The standard InChI is InChI=1S/C31H31NO9/c1-5-13(2)10-18-31(38)41-30-17-9-14(3)11-19(33)23(17)25-26(32(18)30)29(37)24-16(28(25)36)7-6-8-21(24)40-22-12-20(34)27(35)15(4)39-22/h6-9,11,13,15,18,20,22,30,33-34H,5,10,12H2,1-4H3. The normalized spacial score (nSPS) is 27.6. The van der Waals surface area contributed by atoms with Crippen LogP contribution >= 0.6 is 0 Å². The van der Waals surface area contributed by atoms with Gasteiger partial charge < -0.3 is 29.3 Å². The molecule has 2 saturated heterocycles. The summed E-state index contributed by atoms with van der Waals surface area (Å²) in [5.74, 6) is -2.05. The summed E-state index contributed by atoms with van der Waals surface area (Å²) in [6.07, 6.45) is -3.17. The fourth-order valence-electron chi connectivity index (χ4n) is 6.17. The summed E-state index contributed by atoms with van der Waals surface area (Å²) in [5, 5.41) is 21.2. The maximum absolute atomic E-state index is 14.5. The maximum atomic E-state index is 14.5. The highest BCUT2D eigenvalue weighted by atomic mass is 16.7. The van der Waals surface area contributed by atoms with Crippen molar-refractivity contribution in [1.82, 2.24) is 4.90 Å². The number of carbonyl (C=O) groups is 4. The number of ketones is 3. The number of ether oxygens (including phenoxy) is 3. The van der Waals surface area contributed by atoms with Crippen molar-refractivity contribution in [3.63, 3.8) is 0 Å². The van der Waals surface area contributed by atoms with Crippen LogP contribution in [0.15, 0.2) is 36.0 Å². The van der Waals surface area contributed by atoms with Crippen molar-refractivity contribution in [2.75, 3.05) is 0 Å². The number of allylic oxidation sites excluding steroid dienone is 2. The molecule has 6 atom stereocenters. The van der Waals surface area contributed by atoms with Gasteiger partial charge in [0.2, 0.25) is 18.3 Å². The zero-order chi connectivity index (χ0) is 29.3. The summed E-state index contributed by atoms with van der Waals surface area (Å²) >= 11 is 0. The Bertz CT molecular complexity index is 1530. The van der Waals surface area contributed by atoms with Gasteiger partial charge in [0, 0.05) is 23.1 Å². The molecule has 41 heavy (non-hydrogen) atoms. The zero-order valence-electron chi connectivity index (χ0n) is 23.2. The SMILES string of the molecule is CCC(C)CC1C(=O)OC2c3cc(C)cc(O)c3C3=C(C(=O)c4c(OC5CC(O)C(=O)C(C)O5)cccc4C3=O)N12. The van der Waals surface area contributed by atoms with Gasteiger partial charge in [-0.2, -0.15) is 0 Å². The first kappa shape index (κ1) is 27.2. The molecule has 10 nitrogen and oxygen atoms in total. The molecule has 2 aromatic carbocycles. The highest BCUT2D eigenvalue weighted by Crippen LogP contribution is 2.52. The molecular weight excluding hydrogens is 530 g/mol. The summed E-state index contributed by atoms with van der Waals surface area (Å²) in [5.41, 5.74) is 1.36. The quantitative estimate of drug-likeness (QED) is 0.521. The fraction of sp³-hybridized carbons (Fsp3) is 0.419. The topological polar surface area (TPSA) is 140 Å². The molecule has 6 unspecified atom stereocenters. The second-order valence-corrected chi connectivity index (χ2v) is 11.2. The van der Waals surface area contributed by atoms with Gasteiger partial charge in [-0.3, -0.25) is 14.4 Å². The number of esters is 1. The Hall–Kier alpha value is -4.02. The van der Waals surface area contributed by atoms with Crippen LogP contribution in [0.4, 0.5) is 0 Å². The van der Waals surface area contributed by atoms with Gasteiger partial charge in [-0.1, -0.05) is 32.4 Å². The van der Waals surface area contributed by atoms with Crippen molar-refractivity contribution in [3.8, 4) is 11.5 Å². The van der Waals surface area contributed by atoms with Crippen molar-refractivity contribution in [2.24, 2.45) is 5.92 Å². The highest BCUT2D eigenvalue weighted by molar-refractivity contribution is 6.41. The number of aliphatic hydroxyl groups is 1. The van der Waals surface area contributed by atoms with E-state index in [0.29, 0.717) is 17.5 Å². The molecule has 2 N–H and O–H groups in total. The zero-order valence-corrected chi connectivity index (χ0v) is 23.2. The first-order chi connectivity index (χ1) is 19.5. The van der Waals surface area contributed by atoms with Crippen LogP contribution in [0.1, 0.15) is 83.7 Å². The van der Waals surface area contributed by atoms with Gasteiger partial charge in [0.15, 0.2) is 11.6 Å². The van der Waals surface area contributed by atoms with Crippen LogP contribution in [0.25, 0.3) is 5.57 Å². The Labute approximate surface area is 236 Å². The van der Waals surface area contributed by atoms with E-state index < -0.39 is 54.1 Å². The maximum Gasteiger partial charge on any atom is 0.331 e. The van der Waals surface area contributed by atoms with E-state index in [2.05, 4.69) is 0 Å². The third kappa shape index (κ3) is 4.16. The van der Waals surface area contributed by atoms with E-state index in [4.69, 9.17) is 14.2 Å². The average Bonchev–Trinajstić information content (AvgIpc) is 3.25. The number of hydrogen-bond donors (Lipinski definition) is 2. The van der Waals surface area contributed by atoms with Gasteiger partial charge in [0.05, 0.1) is 11.1 Å². The number of aromatic hydroxyl groups is 1. The molecule has 0 radical (unpaired) electrons. The summed E-state index contributed by atoms with van der Waals surface area (Å²) < 4.78 is 17.4. The molecule has 0 amide bonds. The Morgan fingerprint density at radius 3 is 2.59 bits per heavy atom. The van der Waals surface area contributed by atoms with E-state index in [1.54, 1.807) is 24.0 Å². The monoisotopic (exact) mass is 561 g/mol. The summed E-state index contributed by atoms with van der Waals surface area (Å²) in [6, 6.07) is 7.04. The third-order valence-corrected chi connectivity index (χ3v) is 8.41. The van der Waals surface area contributed by atoms with Crippen molar-refractivity contribution < 1.29 is 43.6 Å². The molecule has 6 rings (SSSR count). The highest BCUT2D eigenvalue weighted by Gasteiger charge is 2.54. The van der Waals surface area contributed by atoms with E-state index in [0.717, 1.165) is 6.42 Å². The number of benzene rings is 2. The molecule has 3 heterocycles. The summed E-state index contributed by atoms with van der Waals surface area (Å²) in [4.78, 5) is 55.5. The molecule has 0 aromatic heterocycles. The molecule has 214 valence electrons. The van der Waals surface area contributed by atoms with Crippen molar-refractivity contribution in [3.05, 3.63) is 63.8 Å². The predicted octanol–water partition coefficient (Wildman–Crippen LogP) is 3.61. The Balaban J connectivity index is 1.51. The number of phenolic OH excluding ortho intramolecular Hbond substituents is 1. The van der Waals surface area contributed by atoms with Crippen LogP contribution in [0.5, 0.6) is 11.5 Å². The fourth-order valence-corrected chi connectivity index (χ4v) is 6.17. The lowest BCUT2D eigenvalue weighted by Crippen LogP contribution is -2.46. The largest absolute Gasteiger partial charge is 0.507 e. The number of carbonyl (C=O) groups excluding carboxylic acids is 4. The van der Waals surface area contributed by atoms with Gasteiger partial charge in [-0.15, -0.1) is 0 Å². The van der Waals surface area contributed by atoms with Gasteiger partial charge in [-0.05, 0) is 49.9 Å². The van der Waals surface area contributed by atoms with E-state index in [9.17, 15) is 29.4 Å².